The highest BCUT2D eigenvalue weighted by Crippen LogP contribution is 2.24. The van der Waals surface area contributed by atoms with Gasteiger partial charge in [-0.2, -0.15) is 0 Å². The van der Waals surface area contributed by atoms with E-state index in [1.54, 1.807) is 0 Å². The van der Waals surface area contributed by atoms with Crippen LogP contribution >= 0.6 is 0 Å². The maximum atomic E-state index is 13.9. The number of benzene rings is 1. The van der Waals surface area contributed by atoms with Crippen molar-refractivity contribution in [2.45, 2.75) is 39.7 Å². The van der Waals surface area contributed by atoms with E-state index in [1.807, 2.05) is 20.8 Å². The van der Waals surface area contributed by atoms with Crippen molar-refractivity contribution in [1.82, 2.24) is 20.3 Å². The van der Waals surface area contributed by atoms with Crippen molar-refractivity contribution in [2.75, 3.05) is 6.54 Å². The third-order valence-electron chi connectivity index (χ3n) is 3.47. The SMILES string of the molecule is CCNC(CC)c1nnn(-c2c(F)cccc2F)c1CC. The van der Waals surface area contributed by atoms with Crippen molar-refractivity contribution in [3.63, 3.8) is 0 Å². The molecule has 1 unspecified atom stereocenters. The molecule has 0 bridgehead atoms. The van der Waals surface area contributed by atoms with Crippen LogP contribution in [-0.4, -0.2) is 21.5 Å². The molecule has 0 aliphatic heterocycles. The summed E-state index contributed by atoms with van der Waals surface area (Å²) >= 11 is 0. The molecular formula is C15H20F2N4. The van der Waals surface area contributed by atoms with Gasteiger partial charge in [-0.05, 0) is 31.5 Å². The normalized spacial score (nSPS) is 12.6. The Balaban J connectivity index is 2.54. The highest BCUT2D eigenvalue weighted by Gasteiger charge is 2.22. The molecule has 0 amide bonds. The summed E-state index contributed by atoms with van der Waals surface area (Å²) in [7, 11) is 0. The van der Waals surface area contributed by atoms with Gasteiger partial charge < -0.3 is 5.32 Å². The first-order valence-electron chi connectivity index (χ1n) is 7.26. The molecule has 1 heterocycles. The molecule has 0 aliphatic rings. The molecule has 2 rings (SSSR count). The Labute approximate surface area is 123 Å². The smallest absolute Gasteiger partial charge is 0.151 e. The summed E-state index contributed by atoms with van der Waals surface area (Å²) in [6.07, 6.45) is 1.43. The lowest BCUT2D eigenvalue weighted by molar-refractivity contribution is 0.520. The summed E-state index contributed by atoms with van der Waals surface area (Å²) in [6, 6.07) is 3.82. The Morgan fingerprint density at radius 3 is 2.38 bits per heavy atom. The highest BCUT2D eigenvalue weighted by molar-refractivity contribution is 5.37. The van der Waals surface area contributed by atoms with Crippen molar-refractivity contribution in [3.8, 4) is 5.69 Å². The van der Waals surface area contributed by atoms with Crippen LogP contribution in [0.15, 0.2) is 18.2 Å². The zero-order valence-corrected chi connectivity index (χ0v) is 12.5. The number of para-hydroxylation sites is 1. The molecule has 0 saturated carbocycles. The average molecular weight is 294 g/mol. The van der Waals surface area contributed by atoms with Gasteiger partial charge in [0.05, 0.1) is 11.7 Å². The molecule has 1 N–H and O–H groups in total. The van der Waals surface area contributed by atoms with Crippen LogP contribution in [0.3, 0.4) is 0 Å². The predicted octanol–water partition coefficient (Wildman–Crippen LogP) is 3.17. The zero-order valence-electron chi connectivity index (χ0n) is 12.5. The molecule has 0 spiro atoms. The maximum Gasteiger partial charge on any atom is 0.151 e. The van der Waals surface area contributed by atoms with E-state index in [-0.39, 0.29) is 11.7 Å². The second-order valence-corrected chi connectivity index (χ2v) is 4.78. The highest BCUT2D eigenvalue weighted by atomic mass is 19.1. The van der Waals surface area contributed by atoms with Crippen LogP contribution in [0, 0.1) is 11.6 Å². The minimum Gasteiger partial charge on any atom is -0.309 e. The first-order chi connectivity index (χ1) is 10.1. The van der Waals surface area contributed by atoms with Gasteiger partial charge in [-0.15, -0.1) is 5.10 Å². The van der Waals surface area contributed by atoms with Gasteiger partial charge in [0.2, 0.25) is 0 Å². The van der Waals surface area contributed by atoms with Gasteiger partial charge in [0.1, 0.15) is 11.4 Å². The van der Waals surface area contributed by atoms with E-state index in [0.29, 0.717) is 6.42 Å². The lowest BCUT2D eigenvalue weighted by atomic mass is 10.1. The molecule has 21 heavy (non-hydrogen) atoms. The van der Waals surface area contributed by atoms with Crippen molar-refractivity contribution in [1.29, 1.82) is 0 Å². The average Bonchev–Trinajstić information content (AvgIpc) is 2.88. The Bertz CT molecular complexity index is 589. The third kappa shape index (κ3) is 2.95. The lowest BCUT2D eigenvalue weighted by Crippen LogP contribution is -2.22. The van der Waals surface area contributed by atoms with Gasteiger partial charge in [-0.1, -0.05) is 32.1 Å². The molecule has 0 radical (unpaired) electrons. The molecule has 0 aliphatic carbocycles. The Morgan fingerprint density at radius 1 is 1.19 bits per heavy atom. The summed E-state index contributed by atoms with van der Waals surface area (Å²) in [6.45, 7) is 6.77. The number of hydrogen-bond donors (Lipinski definition) is 1. The second-order valence-electron chi connectivity index (χ2n) is 4.78. The van der Waals surface area contributed by atoms with E-state index in [2.05, 4.69) is 15.6 Å². The number of rotatable bonds is 6. The molecule has 1 aromatic carbocycles. The van der Waals surface area contributed by atoms with E-state index in [4.69, 9.17) is 0 Å². The third-order valence-corrected chi connectivity index (χ3v) is 3.47. The van der Waals surface area contributed by atoms with E-state index >= 15 is 0 Å². The van der Waals surface area contributed by atoms with Crippen molar-refractivity contribution in [3.05, 3.63) is 41.2 Å². The number of aromatic nitrogens is 3. The van der Waals surface area contributed by atoms with Crippen LogP contribution < -0.4 is 5.32 Å². The molecule has 2 aromatic rings. The van der Waals surface area contributed by atoms with Crippen LogP contribution in [0.1, 0.15) is 44.6 Å². The summed E-state index contributed by atoms with van der Waals surface area (Å²) in [5.41, 5.74) is 1.32. The molecule has 6 heteroatoms. The zero-order chi connectivity index (χ0) is 15.4. The first-order valence-corrected chi connectivity index (χ1v) is 7.26. The van der Waals surface area contributed by atoms with E-state index in [1.165, 1.54) is 22.9 Å². The molecule has 0 saturated heterocycles. The molecule has 1 atom stereocenters. The lowest BCUT2D eigenvalue weighted by Gasteiger charge is -2.15. The number of nitrogens with one attached hydrogen (secondary N) is 1. The van der Waals surface area contributed by atoms with Crippen molar-refractivity contribution >= 4 is 0 Å². The van der Waals surface area contributed by atoms with E-state index < -0.39 is 11.6 Å². The van der Waals surface area contributed by atoms with E-state index in [9.17, 15) is 8.78 Å². The second kappa shape index (κ2) is 6.76. The van der Waals surface area contributed by atoms with Crippen LogP contribution in [-0.2, 0) is 6.42 Å². The summed E-state index contributed by atoms with van der Waals surface area (Å²) in [5.74, 6) is -1.28. The Hall–Kier alpha value is -1.82. The Kier molecular flexibility index (Phi) is 5.01. The topological polar surface area (TPSA) is 42.7 Å². The minimum atomic E-state index is -0.641. The van der Waals surface area contributed by atoms with Crippen molar-refractivity contribution in [2.24, 2.45) is 0 Å². The fraction of sp³-hybridized carbons (Fsp3) is 0.467. The first kappa shape index (κ1) is 15.6. The minimum absolute atomic E-state index is 0.0357. The summed E-state index contributed by atoms with van der Waals surface area (Å²) in [5, 5.41) is 11.4. The molecule has 0 fully saturated rings. The fourth-order valence-corrected chi connectivity index (χ4v) is 2.47. The van der Waals surface area contributed by atoms with Gasteiger partial charge in [0.25, 0.3) is 0 Å². The van der Waals surface area contributed by atoms with Gasteiger partial charge in [0.15, 0.2) is 11.6 Å². The van der Waals surface area contributed by atoms with Gasteiger partial charge >= 0.3 is 0 Å². The quantitative estimate of drug-likeness (QED) is 0.890. The standard InChI is InChI=1S/C15H20F2N4/c1-4-12(18-6-3)14-13(5-2)21(20-19-14)15-10(16)8-7-9-11(15)17/h7-9,12,18H,4-6H2,1-3H3. The number of nitrogens with zero attached hydrogens (tertiary/aromatic N) is 3. The van der Waals surface area contributed by atoms with Gasteiger partial charge in [0, 0.05) is 0 Å². The fourth-order valence-electron chi connectivity index (χ4n) is 2.47. The summed E-state index contributed by atoms with van der Waals surface area (Å²) in [4.78, 5) is 0. The van der Waals surface area contributed by atoms with Crippen LogP contribution in [0.2, 0.25) is 0 Å². The van der Waals surface area contributed by atoms with Crippen LogP contribution in [0.5, 0.6) is 0 Å². The maximum absolute atomic E-state index is 13.9. The van der Waals surface area contributed by atoms with Crippen molar-refractivity contribution < 1.29 is 8.78 Å². The van der Waals surface area contributed by atoms with Gasteiger partial charge in [-0.25, -0.2) is 13.5 Å². The predicted molar refractivity (Wildman–Crippen MR) is 77.4 cm³/mol. The number of halogens is 2. The molecule has 1 aromatic heterocycles. The molecule has 114 valence electrons. The van der Waals surface area contributed by atoms with Crippen LogP contribution in [0.4, 0.5) is 8.78 Å². The van der Waals surface area contributed by atoms with E-state index in [0.717, 1.165) is 24.4 Å². The Morgan fingerprint density at radius 2 is 1.86 bits per heavy atom. The van der Waals surface area contributed by atoms with Gasteiger partial charge in [-0.3, -0.25) is 0 Å². The largest absolute Gasteiger partial charge is 0.309 e. The molecule has 4 nitrogen and oxygen atoms in total. The van der Waals surface area contributed by atoms with Crippen LogP contribution in [0.25, 0.3) is 5.69 Å². The monoisotopic (exact) mass is 294 g/mol. The number of hydrogen-bond acceptors (Lipinski definition) is 3. The molecular weight excluding hydrogens is 274 g/mol. The summed E-state index contributed by atoms with van der Waals surface area (Å²) < 4.78 is 29.2.